The molecule has 2 rings (SSSR count). The Labute approximate surface area is 111 Å². The van der Waals surface area contributed by atoms with Gasteiger partial charge in [-0.1, -0.05) is 30.3 Å². The molecule has 0 bridgehead atoms. The van der Waals surface area contributed by atoms with Gasteiger partial charge in [0.25, 0.3) is 0 Å². The Balaban J connectivity index is 1.91. The highest BCUT2D eigenvalue weighted by Gasteiger charge is 2.19. The highest BCUT2D eigenvalue weighted by atomic mass is 32.1. The lowest BCUT2D eigenvalue weighted by Crippen LogP contribution is -2.31. The molecule has 0 aliphatic carbocycles. The molecule has 0 aliphatic heterocycles. The van der Waals surface area contributed by atoms with E-state index >= 15 is 0 Å². The first-order chi connectivity index (χ1) is 8.55. The molecule has 96 valence electrons. The van der Waals surface area contributed by atoms with Crippen LogP contribution in [0, 0.1) is 0 Å². The van der Waals surface area contributed by atoms with Crippen molar-refractivity contribution in [3.8, 4) is 0 Å². The van der Waals surface area contributed by atoms with Gasteiger partial charge in [-0.25, -0.2) is 0 Å². The van der Waals surface area contributed by atoms with Crippen LogP contribution in [0.5, 0.6) is 0 Å². The van der Waals surface area contributed by atoms with Crippen LogP contribution in [0.3, 0.4) is 0 Å². The van der Waals surface area contributed by atoms with Crippen LogP contribution >= 0.6 is 11.5 Å². The zero-order valence-corrected chi connectivity index (χ0v) is 11.5. The molecule has 0 atom stereocenters. The van der Waals surface area contributed by atoms with E-state index in [1.165, 1.54) is 17.1 Å². The largest absolute Gasteiger partial charge is 0.367 e. The van der Waals surface area contributed by atoms with Crippen LogP contribution in [0.25, 0.3) is 0 Å². The number of aryl methyl sites for hydroxylation is 1. The Morgan fingerprint density at radius 1 is 1.28 bits per heavy atom. The third-order valence-electron chi connectivity index (χ3n) is 2.77. The lowest BCUT2D eigenvalue weighted by molar-refractivity contribution is 0.518. The molecule has 0 unspecified atom stereocenters. The monoisotopic (exact) mass is 262 g/mol. The van der Waals surface area contributed by atoms with E-state index in [0.717, 1.165) is 18.0 Å². The number of hydrogen-bond acceptors (Lipinski definition) is 5. The second-order valence-electron chi connectivity index (χ2n) is 4.95. The predicted octanol–water partition coefficient (Wildman–Crippen LogP) is 2.94. The van der Waals surface area contributed by atoms with Crippen LogP contribution in [-0.2, 0) is 6.42 Å². The molecule has 0 radical (unpaired) electrons. The summed E-state index contributed by atoms with van der Waals surface area (Å²) in [6, 6.07) is 10.5. The Hall–Kier alpha value is -1.62. The maximum absolute atomic E-state index is 5.51. The summed E-state index contributed by atoms with van der Waals surface area (Å²) in [4.78, 5) is 4.12. The van der Waals surface area contributed by atoms with E-state index in [9.17, 15) is 0 Å². The Kier molecular flexibility index (Phi) is 3.81. The van der Waals surface area contributed by atoms with Gasteiger partial charge < -0.3 is 11.1 Å². The summed E-state index contributed by atoms with van der Waals surface area (Å²) >= 11 is 1.30. The standard InChI is InChI=1S/C13H18N4S/c1-13(2,16-12-15-11(14)17-18-12)9-8-10-6-4-3-5-7-10/h3-7H,8-9H2,1-2H3,(H3,14,15,16,17). The van der Waals surface area contributed by atoms with Gasteiger partial charge in [-0.2, -0.15) is 9.36 Å². The molecule has 2 aromatic rings. The van der Waals surface area contributed by atoms with Gasteiger partial charge in [-0.3, -0.25) is 0 Å². The molecule has 0 saturated carbocycles. The average molecular weight is 262 g/mol. The number of benzene rings is 1. The van der Waals surface area contributed by atoms with Crippen molar-refractivity contribution in [3.63, 3.8) is 0 Å². The molecule has 4 nitrogen and oxygen atoms in total. The number of nitrogens with zero attached hydrogens (tertiary/aromatic N) is 2. The summed E-state index contributed by atoms with van der Waals surface area (Å²) in [7, 11) is 0. The zero-order valence-electron chi connectivity index (χ0n) is 10.7. The van der Waals surface area contributed by atoms with Crippen LogP contribution in [0.15, 0.2) is 30.3 Å². The fourth-order valence-corrected chi connectivity index (χ4v) is 2.42. The molecule has 0 saturated heterocycles. The number of aromatic nitrogens is 2. The second kappa shape index (κ2) is 5.35. The number of anilines is 2. The fraction of sp³-hybridized carbons (Fsp3) is 0.385. The lowest BCUT2D eigenvalue weighted by atomic mass is 9.95. The molecule has 0 fully saturated rings. The van der Waals surface area contributed by atoms with Crippen molar-refractivity contribution < 1.29 is 0 Å². The summed E-state index contributed by atoms with van der Waals surface area (Å²) in [6.07, 6.45) is 2.06. The van der Waals surface area contributed by atoms with Gasteiger partial charge in [-0.05, 0) is 32.3 Å². The maximum Gasteiger partial charge on any atom is 0.233 e. The first-order valence-corrected chi connectivity index (χ1v) is 6.74. The van der Waals surface area contributed by atoms with Crippen LogP contribution in [0.4, 0.5) is 11.1 Å². The van der Waals surface area contributed by atoms with E-state index in [4.69, 9.17) is 5.73 Å². The van der Waals surface area contributed by atoms with Crippen molar-refractivity contribution in [2.75, 3.05) is 11.1 Å². The zero-order chi connectivity index (χ0) is 13.0. The predicted molar refractivity (Wildman–Crippen MR) is 76.8 cm³/mol. The van der Waals surface area contributed by atoms with Crippen molar-refractivity contribution in [1.82, 2.24) is 9.36 Å². The molecule has 0 spiro atoms. The molecule has 0 aliphatic rings. The molecule has 1 aromatic heterocycles. The molecular formula is C13H18N4S. The molecule has 0 amide bonds. The van der Waals surface area contributed by atoms with Crippen molar-refractivity contribution in [3.05, 3.63) is 35.9 Å². The highest BCUT2D eigenvalue weighted by molar-refractivity contribution is 7.09. The minimum absolute atomic E-state index is 0.0260. The molecule has 1 heterocycles. The van der Waals surface area contributed by atoms with Crippen LogP contribution in [-0.4, -0.2) is 14.9 Å². The summed E-state index contributed by atoms with van der Waals surface area (Å²) in [6.45, 7) is 4.32. The Morgan fingerprint density at radius 3 is 2.61 bits per heavy atom. The van der Waals surface area contributed by atoms with E-state index in [1.807, 2.05) is 6.07 Å². The number of nitrogens with one attached hydrogen (secondary N) is 1. The molecule has 1 aromatic carbocycles. The van der Waals surface area contributed by atoms with Crippen molar-refractivity contribution >= 4 is 22.6 Å². The first kappa shape index (κ1) is 12.8. The first-order valence-electron chi connectivity index (χ1n) is 5.96. The van der Waals surface area contributed by atoms with Gasteiger partial charge >= 0.3 is 0 Å². The Morgan fingerprint density at radius 2 is 2.00 bits per heavy atom. The minimum Gasteiger partial charge on any atom is -0.367 e. The van der Waals surface area contributed by atoms with Crippen molar-refractivity contribution in [2.45, 2.75) is 32.2 Å². The molecule has 18 heavy (non-hydrogen) atoms. The van der Waals surface area contributed by atoms with Gasteiger partial charge in [0.15, 0.2) is 0 Å². The number of nitrogen functional groups attached to an aromatic ring is 1. The van der Waals surface area contributed by atoms with Gasteiger partial charge in [0.2, 0.25) is 11.1 Å². The van der Waals surface area contributed by atoms with Gasteiger partial charge in [0.05, 0.1) is 0 Å². The summed E-state index contributed by atoms with van der Waals surface area (Å²) in [5, 5.41) is 4.16. The fourth-order valence-electron chi connectivity index (χ4n) is 1.74. The second-order valence-corrected chi connectivity index (χ2v) is 5.70. The molecule has 3 N–H and O–H groups in total. The van der Waals surface area contributed by atoms with E-state index in [1.54, 1.807) is 0 Å². The van der Waals surface area contributed by atoms with E-state index in [2.05, 4.69) is 52.8 Å². The van der Waals surface area contributed by atoms with E-state index in [-0.39, 0.29) is 5.54 Å². The SMILES string of the molecule is CC(C)(CCc1ccccc1)Nc1nc(N)ns1. The lowest BCUT2D eigenvalue weighted by Gasteiger charge is -2.25. The Bertz CT molecular complexity index is 493. The number of rotatable bonds is 5. The maximum atomic E-state index is 5.51. The summed E-state index contributed by atoms with van der Waals surface area (Å²) in [5.41, 5.74) is 6.84. The topological polar surface area (TPSA) is 63.8 Å². The third kappa shape index (κ3) is 3.70. The number of nitrogens with two attached hydrogens (primary N) is 1. The van der Waals surface area contributed by atoms with Crippen molar-refractivity contribution in [1.29, 1.82) is 0 Å². The van der Waals surface area contributed by atoms with Crippen molar-refractivity contribution in [2.24, 2.45) is 0 Å². The van der Waals surface area contributed by atoms with Gasteiger partial charge in [-0.15, -0.1) is 0 Å². The summed E-state index contributed by atoms with van der Waals surface area (Å²) in [5.74, 6) is 0.335. The normalized spacial score (nSPS) is 11.4. The smallest absolute Gasteiger partial charge is 0.233 e. The minimum atomic E-state index is -0.0260. The molecule has 5 heteroatoms. The van der Waals surface area contributed by atoms with Gasteiger partial charge in [0, 0.05) is 17.1 Å². The van der Waals surface area contributed by atoms with Crippen LogP contribution in [0.1, 0.15) is 25.8 Å². The van der Waals surface area contributed by atoms with Crippen LogP contribution in [0.2, 0.25) is 0 Å². The van der Waals surface area contributed by atoms with Gasteiger partial charge in [0.1, 0.15) is 0 Å². The average Bonchev–Trinajstić information content (AvgIpc) is 2.73. The number of hydrogen-bond donors (Lipinski definition) is 2. The quantitative estimate of drug-likeness (QED) is 0.869. The molecular weight excluding hydrogens is 244 g/mol. The van der Waals surface area contributed by atoms with Crippen LogP contribution < -0.4 is 11.1 Å². The van der Waals surface area contributed by atoms with E-state index in [0.29, 0.717) is 5.95 Å². The third-order valence-corrected chi connectivity index (χ3v) is 3.41. The summed E-state index contributed by atoms with van der Waals surface area (Å²) < 4.78 is 3.96. The van der Waals surface area contributed by atoms with E-state index < -0.39 is 0 Å². The highest BCUT2D eigenvalue weighted by Crippen LogP contribution is 2.22.